The van der Waals surface area contributed by atoms with Gasteiger partial charge in [-0.2, -0.15) is 5.10 Å². The molecule has 0 radical (unpaired) electrons. The Hall–Kier alpha value is -4.95. The number of ether oxygens (including phenoxy) is 1. The third-order valence-corrected chi connectivity index (χ3v) is 7.97. The number of benzene rings is 4. The molecule has 8 nitrogen and oxygen atoms in total. The first-order chi connectivity index (χ1) is 21.2. The zero-order chi connectivity index (χ0) is 30.8. The van der Waals surface area contributed by atoms with Crippen molar-refractivity contribution in [3.05, 3.63) is 102 Å². The maximum atomic E-state index is 13.5. The third kappa shape index (κ3) is 5.94. The second-order valence-electron chi connectivity index (χ2n) is 12.2. The van der Waals surface area contributed by atoms with Crippen LogP contribution in [0.3, 0.4) is 0 Å². The Morgan fingerprint density at radius 2 is 1.57 bits per heavy atom. The fraction of sp³-hybridized carbons (Fsp3) is 0.250. The molecular weight excluding hydrogens is 550 g/mol. The van der Waals surface area contributed by atoms with E-state index in [1.54, 1.807) is 4.68 Å². The van der Waals surface area contributed by atoms with E-state index in [1.165, 1.54) is 0 Å². The summed E-state index contributed by atoms with van der Waals surface area (Å²) in [6.07, 6.45) is 0.882. The van der Waals surface area contributed by atoms with Crippen LogP contribution in [0.1, 0.15) is 42.4 Å². The first-order valence-corrected chi connectivity index (χ1v) is 14.9. The van der Waals surface area contributed by atoms with Crippen molar-refractivity contribution in [3.63, 3.8) is 0 Å². The highest BCUT2D eigenvalue weighted by Crippen LogP contribution is 2.39. The van der Waals surface area contributed by atoms with Gasteiger partial charge in [-0.15, -0.1) is 0 Å². The number of hydrogen-bond acceptors (Lipinski definition) is 5. The van der Waals surface area contributed by atoms with Crippen LogP contribution in [-0.4, -0.2) is 48.4 Å². The summed E-state index contributed by atoms with van der Waals surface area (Å²) in [6.45, 7) is 11.1. The molecule has 0 saturated carbocycles. The fourth-order valence-corrected chi connectivity index (χ4v) is 5.55. The van der Waals surface area contributed by atoms with Crippen molar-refractivity contribution < 1.29 is 14.3 Å². The van der Waals surface area contributed by atoms with E-state index in [2.05, 4.69) is 42.4 Å². The minimum atomic E-state index is -0.360. The molecule has 44 heavy (non-hydrogen) atoms. The summed E-state index contributed by atoms with van der Waals surface area (Å²) in [6, 6.07) is 27.4. The summed E-state index contributed by atoms with van der Waals surface area (Å²) >= 11 is 0. The molecule has 2 N–H and O–H groups in total. The molecule has 1 aromatic heterocycles. The van der Waals surface area contributed by atoms with Crippen LogP contribution < -0.4 is 15.5 Å². The summed E-state index contributed by atoms with van der Waals surface area (Å²) in [7, 11) is 0. The summed E-state index contributed by atoms with van der Waals surface area (Å²) in [5, 5.41) is 12.9. The van der Waals surface area contributed by atoms with Crippen molar-refractivity contribution in [2.75, 3.05) is 41.8 Å². The molecule has 0 atom stereocenters. The molecule has 0 bridgehead atoms. The highest BCUT2D eigenvalue weighted by molar-refractivity contribution is 6.10. The number of fused-ring (bicyclic) bond motifs is 1. The van der Waals surface area contributed by atoms with Crippen molar-refractivity contribution in [3.8, 4) is 16.8 Å². The van der Waals surface area contributed by atoms with Gasteiger partial charge in [-0.3, -0.25) is 10.1 Å². The lowest BCUT2D eigenvalue weighted by atomic mass is 9.92. The van der Waals surface area contributed by atoms with Crippen molar-refractivity contribution in [2.24, 2.45) is 0 Å². The lowest BCUT2D eigenvalue weighted by molar-refractivity contribution is 0.112. The van der Waals surface area contributed by atoms with Crippen LogP contribution in [0.15, 0.2) is 84.9 Å². The van der Waals surface area contributed by atoms with E-state index in [-0.39, 0.29) is 11.4 Å². The predicted molar refractivity (Wildman–Crippen MR) is 177 cm³/mol. The molecule has 2 amide bonds. The molecule has 0 unspecified atom stereocenters. The Kier molecular flexibility index (Phi) is 7.93. The third-order valence-electron chi connectivity index (χ3n) is 7.97. The number of anilines is 3. The van der Waals surface area contributed by atoms with Gasteiger partial charge in [0.05, 0.1) is 30.3 Å². The lowest BCUT2D eigenvalue weighted by Gasteiger charge is -2.31. The predicted octanol–water partition coefficient (Wildman–Crippen LogP) is 7.59. The number of hydrogen-bond donors (Lipinski definition) is 2. The van der Waals surface area contributed by atoms with Crippen molar-refractivity contribution in [1.82, 2.24) is 9.78 Å². The summed E-state index contributed by atoms with van der Waals surface area (Å²) in [5.41, 5.74) is 7.08. The van der Waals surface area contributed by atoms with Crippen molar-refractivity contribution in [2.45, 2.75) is 33.1 Å². The minimum absolute atomic E-state index is 0.196. The molecule has 6 rings (SSSR count). The van der Waals surface area contributed by atoms with Gasteiger partial charge in [-0.1, -0.05) is 80.9 Å². The number of urea groups is 1. The van der Waals surface area contributed by atoms with Crippen LogP contribution in [0.4, 0.5) is 22.0 Å². The maximum Gasteiger partial charge on any atom is 0.324 e. The minimum Gasteiger partial charge on any atom is -0.378 e. The van der Waals surface area contributed by atoms with Crippen molar-refractivity contribution >= 4 is 40.3 Å². The normalized spacial score (nSPS) is 13.6. The number of morpholine rings is 1. The van der Waals surface area contributed by atoms with Crippen LogP contribution in [-0.2, 0) is 10.2 Å². The number of aromatic nitrogens is 2. The number of aryl methyl sites for hydroxylation is 1. The second kappa shape index (κ2) is 12.0. The lowest BCUT2D eigenvalue weighted by Crippen LogP contribution is -2.36. The molecule has 1 aliphatic rings. The average molecular weight is 588 g/mol. The molecule has 1 saturated heterocycles. The van der Waals surface area contributed by atoms with E-state index in [0.29, 0.717) is 30.3 Å². The van der Waals surface area contributed by atoms with E-state index in [1.807, 2.05) is 85.8 Å². The molecule has 4 aromatic carbocycles. The molecule has 0 spiro atoms. The van der Waals surface area contributed by atoms with Crippen LogP contribution in [0, 0.1) is 6.92 Å². The number of rotatable bonds is 6. The Bertz CT molecular complexity index is 1830. The standard InChI is InChI=1S/C36H37N5O3/c1-24-9-12-26(13-10-24)41-34(22-33(39-41)36(2,3)4)38-35(43)37-31-16-15-28(27-7-5-6-8-29(27)31)30-14-11-25(23-42)21-32(30)40-17-19-44-20-18-40/h5-16,21-23H,17-20H2,1-4H3,(H2,37,38,43). The van der Waals surface area contributed by atoms with Gasteiger partial charge >= 0.3 is 6.03 Å². The summed E-state index contributed by atoms with van der Waals surface area (Å²) < 4.78 is 7.36. The van der Waals surface area contributed by atoms with Crippen LogP contribution in [0.2, 0.25) is 0 Å². The van der Waals surface area contributed by atoms with Gasteiger partial charge in [0.25, 0.3) is 0 Å². The highest BCUT2D eigenvalue weighted by atomic mass is 16.5. The average Bonchev–Trinajstić information content (AvgIpc) is 3.46. The van der Waals surface area contributed by atoms with E-state index in [9.17, 15) is 9.59 Å². The number of carbonyl (C=O) groups excluding carboxylic acids is 2. The van der Waals surface area contributed by atoms with Gasteiger partial charge in [0.2, 0.25) is 0 Å². The second-order valence-corrected chi connectivity index (χ2v) is 12.2. The van der Waals surface area contributed by atoms with Gasteiger partial charge < -0.3 is 15.0 Å². The van der Waals surface area contributed by atoms with Crippen molar-refractivity contribution in [1.29, 1.82) is 0 Å². The van der Waals surface area contributed by atoms with E-state index in [0.717, 1.165) is 63.9 Å². The molecule has 224 valence electrons. The van der Waals surface area contributed by atoms with Crippen LogP contribution in [0.5, 0.6) is 0 Å². The van der Waals surface area contributed by atoms with E-state index in [4.69, 9.17) is 9.84 Å². The summed E-state index contributed by atoms with van der Waals surface area (Å²) in [4.78, 5) is 27.4. The fourth-order valence-electron chi connectivity index (χ4n) is 5.55. The Labute approximate surface area is 257 Å². The van der Waals surface area contributed by atoms with Gasteiger partial charge in [0, 0.05) is 46.8 Å². The van der Waals surface area contributed by atoms with E-state index < -0.39 is 0 Å². The largest absolute Gasteiger partial charge is 0.378 e. The molecule has 0 aliphatic carbocycles. The number of amides is 2. The van der Waals surface area contributed by atoms with Gasteiger partial charge in [0.15, 0.2) is 0 Å². The quantitative estimate of drug-likeness (QED) is 0.200. The first-order valence-electron chi connectivity index (χ1n) is 14.9. The SMILES string of the molecule is Cc1ccc(-n2nc(C(C)(C)C)cc2NC(=O)Nc2ccc(-c3ccc(C=O)cc3N3CCOCC3)c3ccccc23)cc1. The molecule has 8 heteroatoms. The van der Waals surface area contributed by atoms with E-state index >= 15 is 0 Å². The number of carbonyl (C=O) groups is 2. The van der Waals surface area contributed by atoms with Crippen LogP contribution in [0.25, 0.3) is 27.6 Å². The number of aldehydes is 1. The number of nitrogens with one attached hydrogen (secondary N) is 2. The number of nitrogens with zero attached hydrogens (tertiary/aromatic N) is 3. The molecule has 1 aliphatic heterocycles. The zero-order valence-corrected chi connectivity index (χ0v) is 25.6. The van der Waals surface area contributed by atoms with Crippen LogP contribution >= 0.6 is 0 Å². The molecule has 1 fully saturated rings. The maximum absolute atomic E-state index is 13.5. The van der Waals surface area contributed by atoms with Gasteiger partial charge in [-0.25, -0.2) is 9.48 Å². The Morgan fingerprint density at radius 3 is 2.27 bits per heavy atom. The highest BCUT2D eigenvalue weighted by Gasteiger charge is 2.23. The van der Waals surface area contributed by atoms with Gasteiger partial charge in [-0.05, 0) is 42.1 Å². The Morgan fingerprint density at radius 1 is 0.864 bits per heavy atom. The smallest absolute Gasteiger partial charge is 0.324 e. The first kappa shape index (κ1) is 29.1. The monoisotopic (exact) mass is 587 g/mol. The summed E-state index contributed by atoms with van der Waals surface area (Å²) in [5.74, 6) is 0.586. The topological polar surface area (TPSA) is 88.5 Å². The molecule has 2 heterocycles. The molecule has 5 aromatic rings. The molecular formula is C36H37N5O3. The zero-order valence-electron chi connectivity index (χ0n) is 25.6. The van der Waals surface area contributed by atoms with Gasteiger partial charge in [0.1, 0.15) is 12.1 Å². The Balaban J connectivity index is 1.34.